The van der Waals surface area contributed by atoms with Crippen molar-refractivity contribution >= 4 is 85.1 Å². The second-order valence-electron chi connectivity index (χ2n) is 6.51. The zero-order chi connectivity index (χ0) is 20.4. The fourth-order valence-electron chi connectivity index (χ4n) is 2.47. The van der Waals surface area contributed by atoms with E-state index in [0.29, 0.717) is 37.5 Å². The Hall–Kier alpha value is -1.05. The van der Waals surface area contributed by atoms with Crippen molar-refractivity contribution in [1.82, 2.24) is 0 Å². The van der Waals surface area contributed by atoms with Gasteiger partial charge < -0.3 is 4.74 Å². The highest BCUT2D eigenvalue weighted by Gasteiger charge is 2.34. The average molecular weight is 517 g/mol. The van der Waals surface area contributed by atoms with Gasteiger partial charge >= 0.3 is 0 Å². The molecule has 1 heterocycles. The van der Waals surface area contributed by atoms with Gasteiger partial charge in [0.1, 0.15) is 5.75 Å². The molecule has 28 heavy (non-hydrogen) atoms. The Labute approximate surface area is 192 Å². The van der Waals surface area contributed by atoms with Crippen LogP contribution < -0.4 is 9.64 Å². The summed E-state index contributed by atoms with van der Waals surface area (Å²) < 4.78 is 7.02. The van der Waals surface area contributed by atoms with Crippen molar-refractivity contribution < 1.29 is 9.53 Å². The minimum Gasteiger partial charge on any atom is -0.492 e. The maximum atomic E-state index is 12.9. The van der Waals surface area contributed by atoms with Gasteiger partial charge in [-0.15, -0.1) is 0 Å². The molecule has 146 valence electrons. The summed E-state index contributed by atoms with van der Waals surface area (Å²) >= 11 is 22.4. The smallest absolute Gasteiger partial charge is 0.270 e. The zero-order valence-electron chi connectivity index (χ0n) is 15.0. The molecule has 0 atom stereocenters. The van der Waals surface area contributed by atoms with Crippen LogP contribution >= 0.6 is 63.1 Å². The van der Waals surface area contributed by atoms with Crippen LogP contribution in [0.3, 0.4) is 0 Å². The molecule has 1 saturated heterocycles. The molecule has 0 unspecified atom stereocenters. The molecule has 0 spiro atoms. The molecular formula is C20H16BrCl2NO2S2. The molecule has 1 amide bonds. The first-order chi connectivity index (χ1) is 13.3. The van der Waals surface area contributed by atoms with E-state index in [-0.39, 0.29) is 5.91 Å². The number of hydrogen-bond donors (Lipinski definition) is 0. The van der Waals surface area contributed by atoms with Gasteiger partial charge in [-0.3, -0.25) is 9.69 Å². The highest BCUT2D eigenvalue weighted by molar-refractivity contribution is 9.10. The highest BCUT2D eigenvalue weighted by Crippen LogP contribution is 2.40. The standard InChI is InChI=1S/C20H16BrCl2NO2S2/c1-11(2)10-26-17-6-3-12(7-14(17)21)8-18-19(25)24(20(27)28-18)16-5-4-13(22)9-15(16)23/h3-9,11H,10H2,1-2H3/b18-8-. The summed E-state index contributed by atoms with van der Waals surface area (Å²) in [7, 11) is 0. The summed E-state index contributed by atoms with van der Waals surface area (Å²) in [6, 6.07) is 10.7. The van der Waals surface area contributed by atoms with Crippen LogP contribution in [-0.2, 0) is 4.79 Å². The second-order valence-corrected chi connectivity index (χ2v) is 9.88. The molecule has 1 aliphatic heterocycles. The Balaban J connectivity index is 1.84. The number of halogens is 3. The van der Waals surface area contributed by atoms with Crippen LogP contribution in [0.4, 0.5) is 5.69 Å². The molecule has 1 aliphatic rings. The number of thiocarbonyl (C=S) groups is 1. The third-order valence-electron chi connectivity index (χ3n) is 3.77. The van der Waals surface area contributed by atoms with E-state index >= 15 is 0 Å². The monoisotopic (exact) mass is 515 g/mol. The molecule has 2 aromatic carbocycles. The lowest BCUT2D eigenvalue weighted by molar-refractivity contribution is -0.113. The van der Waals surface area contributed by atoms with Crippen molar-refractivity contribution in [3.63, 3.8) is 0 Å². The maximum absolute atomic E-state index is 12.9. The number of ether oxygens (including phenoxy) is 1. The lowest BCUT2D eigenvalue weighted by Gasteiger charge is -2.16. The van der Waals surface area contributed by atoms with Gasteiger partial charge in [0.25, 0.3) is 5.91 Å². The number of benzene rings is 2. The van der Waals surface area contributed by atoms with Crippen LogP contribution in [-0.4, -0.2) is 16.8 Å². The molecule has 0 aliphatic carbocycles. The van der Waals surface area contributed by atoms with E-state index in [1.807, 2.05) is 18.2 Å². The summed E-state index contributed by atoms with van der Waals surface area (Å²) in [6.07, 6.45) is 1.81. The van der Waals surface area contributed by atoms with Gasteiger partial charge in [0.05, 0.1) is 26.7 Å². The number of hydrogen-bond acceptors (Lipinski definition) is 4. The Morgan fingerprint density at radius 1 is 1.25 bits per heavy atom. The van der Waals surface area contributed by atoms with Crippen LogP contribution in [0, 0.1) is 5.92 Å². The molecule has 3 nitrogen and oxygen atoms in total. The van der Waals surface area contributed by atoms with Crippen molar-refractivity contribution in [1.29, 1.82) is 0 Å². The molecule has 0 radical (unpaired) electrons. The van der Waals surface area contributed by atoms with Gasteiger partial charge in [0, 0.05) is 5.02 Å². The van der Waals surface area contributed by atoms with Crippen molar-refractivity contribution in [2.75, 3.05) is 11.5 Å². The fraction of sp³-hybridized carbons (Fsp3) is 0.200. The van der Waals surface area contributed by atoms with Gasteiger partial charge in [-0.25, -0.2) is 0 Å². The Morgan fingerprint density at radius 2 is 2.00 bits per heavy atom. The van der Waals surface area contributed by atoms with E-state index in [2.05, 4.69) is 29.8 Å². The molecule has 0 aromatic heterocycles. The van der Waals surface area contributed by atoms with E-state index in [0.717, 1.165) is 15.8 Å². The number of amides is 1. The number of rotatable bonds is 5. The minimum atomic E-state index is -0.213. The normalized spacial score (nSPS) is 15.8. The van der Waals surface area contributed by atoms with Crippen molar-refractivity contribution in [2.24, 2.45) is 5.92 Å². The summed E-state index contributed by atoms with van der Waals surface area (Å²) in [6.45, 7) is 4.83. The molecule has 0 bridgehead atoms. The molecule has 8 heteroatoms. The van der Waals surface area contributed by atoms with E-state index in [9.17, 15) is 4.79 Å². The predicted molar refractivity (Wildman–Crippen MR) is 127 cm³/mol. The third-order valence-corrected chi connectivity index (χ3v) is 6.23. The molecule has 3 rings (SSSR count). The van der Waals surface area contributed by atoms with Gasteiger partial charge in [-0.2, -0.15) is 0 Å². The first kappa shape index (κ1) is 21.7. The maximum Gasteiger partial charge on any atom is 0.270 e. The lowest BCUT2D eigenvalue weighted by Crippen LogP contribution is -2.27. The summed E-state index contributed by atoms with van der Waals surface area (Å²) in [5.74, 6) is 0.995. The van der Waals surface area contributed by atoms with Crippen LogP contribution in [0.2, 0.25) is 10.0 Å². The van der Waals surface area contributed by atoms with E-state index in [1.165, 1.54) is 16.7 Å². The number of nitrogens with zero attached hydrogens (tertiary/aromatic N) is 1. The van der Waals surface area contributed by atoms with Crippen LogP contribution in [0.25, 0.3) is 6.08 Å². The minimum absolute atomic E-state index is 0.213. The third kappa shape index (κ3) is 4.92. The number of anilines is 1. The highest BCUT2D eigenvalue weighted by atomic mass is 79.9. The van der Waals surface area contributed by atoms with Crippen LogP contribution in [0.15, 0.2) is 45.8 Å². The lowest BCUT2D eigenvalue weighted by atomic mass is 10.2. The number of carbonyl (C=O) groups excluding carboxylic acids is 1. The topological polar surface area (TPSA) is 29.5 Å². The summed E-state index contributed by atoms with van der Waals surface area (Å²) in [4.78, 5) is 14.9. The zero-order valence-corrected chi connectivity index (χ0v) is 19.8. The Morgan fingerprint density at radius 3 is 2.64 bits per heavy atom. The molecule has 1 fully saturated rings. The van der Waals surface area contributed by atoms with Gasteiger partial charge in [0.2, 0.25) is 0 Å². The number of thioether (sulfide) groups is 1. The predicted octanol–water partition coefficient (Wildman–Crippen LogP) is 7.20. The molecular weight excluding hydrogens is 501 g/mol. The van der Waals surface area contributed by atoms with Gasteiger partial charge in [-0.1, -0.05) is 67.1 Å². The second kappa shape index (κ2) is 9.18. The van der Waals surface area contributed by atoms with Crippen molar-refractivity contribution in [3.05, 3.63) is 61.4 Å². The Kier molecular flexibility index (Phi) is 7.10. The van der Waals surface area contributed by atoms with Crippen LogP contribution in [0.5, 0.6) is 5.75 Å². The van der Waals surface area contributed by atoms with E-state index in [1.54, 1.807) is 24.3 Å². The van der Waals surface area contributed by atoms with Gasteiger partial charge in [-0.05, 0) is 63.8 Å². The Bertz CT molecular complexity index is 979. The summed E-state index contributed by atoms with van der Waals surface area (Å²) in [5.41, 5.74) is 1.39. The fourth-order valence-corrected chi connectivity index (χ4v) is 4.76. The quantitative estimate of drug-likeness (QED) is 0.310. The average Bonchev–Trinajstić information content (AvgIpc) is 2.88. The van der Waals surface area contributed by atoms with Crippen molar-refractivity contribution in [3.8, 4) is 5.75 Å². The first-order valence-corrected chi connectivity index (χ1v) is 11.2. The first-order valence-electron chi connectivity index (χ1n) is 8.41. The summed E-state index contributed by atoms with van der Waals surface area (Å²) in [5, 5.41) is 0.874. The largest absolute Gasteiger partial charge is 0.492 e. The number of carbonyl (C=O) groups is 1. The SMILES string of the molecule is CC(C)COc1ccc(/C=C2\SC(=S)N(c3ccc(Cl)cc3Cl)C2=O)cc1Br. The molecule has 0 saturated carbocycles. The molecule has 2 aromatic rings. The van der Waals surface area contributed by atoms with E-state index in [4.69, 9.17) is 40.2 Å². The van der Waals surface area contributed by atoms with Crippen molar-refractivity contribution in [2.45, 2.75) is 13.8 Å². The van der Waals surface area contributed by atoms with Gasteiger partial charge in [0.15, 0.2) is 4.32 Å². The van der Waals surface area contributed by atoms with E-state index < -0.39 is 0 Å². The molecule has 0 N–H and O–H groups in total. The van der Waals surface area contributed by atoms with Crippen LogP contribution in [0.1, 0.15) is 19.4 Å².